The van der Waals surface area contributed by atoms with Gasteiger partial charge in [0.05, 0.1) is 0 Å². The molecule has 0 N–H and O–H groups in total. The predicted octanol–water partition coefficient (Wildman–Crippen LogP) is 21.8. The zero-order valence-corrected chi connectivity index (χ0v) is 49.9. The van der Waals surface area contributed by atoms with E-state index < -0.39 is 6.10 Å². The lowest BCUT2D eigenvalue weighted by Gasteiger charge is -2.18. The second kappa shape index (κ2) is 64.1. The van der Waals surface area contributed by atoms with Gasteiger partial charge in [-0.15, -0.1) is 0 Å². The predicted molar refractivity (Wildman–Crippen MR) is 334 cm³/mol. The van der Waals surface area contributed by atoms with E-state index in [4.69, 9.17) is 14.2 Å². The fraction of sp³-hybridized carbons (Fsp3) is 0.648. The summed E-state index contributed by atoms with van der Waals surface area (Å²) in [4.78, 5) is 38.2. The van der Waals surface area contributed by atoms with Crippen LogP contribution in [0.3, 0.4) is 0 Å². The van der Waals surface area contributed by atoms with Crippen molar-refractivity contribution < 1.29 is 28.6 Å². The van der Waals surface area contributed by atoms with E-state index in [1.54, 1.807) is 0 Å². The van der Waals surface area contributed by atoms with E-state index in [0.717, 1.165) is 148 Å². The summed E-state index contributed by atoms with van der Waals surface area (Å²) >= 11 is 0. The van der Waals surface area contributed by atoms with Crippen LogP contribution in [-0.4, -0.2) is 37.2 Å². The van der Waals surface area contributed by atoms with E-state index in [2.05, 4.69) is 154 Å². The molecule has 0 aliphatic carbocycles. The van der Waals surface area contributed by atoms with Crippen molar-refractivity contribution in [2.45, 2.75) is 284 Å². The van der Waals surface area contributed by atoms with Gasteiger partial charge >= 0.3 is 17.9 Å². The van der Waals surface area contributed by atoms with Gasteiger partial charge in [-0.05, 0) is 141 Å². The van der Waals surface area contributed by atoms with Crippen LogP contribution in [0.25, 0.3) is 0 Å². The molecule has 0 saturated heterocycles. The lowest BCUT2D eigenvalue weighted by atomic mass is 10.1. The van der Waals surface area contributed by atoms with Crippen molar-refractivity contribution >= 4 is 17.9 Å². The first kappa shape index (κ1) is 72.5. The molecule has 0 saturated carbocycles. The Morgan fingerprint density at radius 3 is 0.831 bits per heavy atom. The Balaban J connectivity index is 4.39. The molecule has 0 aromatic carbocycles. The van der Waals surface area contributed by atoms with E-state index in [1.165, 1.54) is 89.9 Å². The van der Waals surface area contributed by atoms with Crippen LogP contribution in [0.2, 0.25) is 0 Å². The Hall–Kier alpha value is -4.45. The molecule has 0 fully saturated rings. The second-order valence-corrected chi connectivity index (χ2v) is 20.6. The number of esters is 3. The molecule has 1 unspecified atom stereocenters. The number of carbonyl (C=O) groups excluding carboxylic acids is 3. The van der Waals surface area contributed by atoms with Gasteiger partial charge in [0.1, 0.15) is 13.2 Å². The Bertz CT molecular complexity index is 1650. The summed E-state index contributed by atoms with van der Waals surface area (Å²) in [5.74, 6) is -0.939. The molecular formula is C71H116O6. The van der Waals surface area contributed by atoms with Gasteiger partial charge in [0.2, 0.25) is 0 Å². The van der Waals surface area contributed by atoms with Crippen LogP contribution in [-0.2, 0) is 28.6 Å². The molecule has 6 nitrogen and oxygen atoms in total. The minimum atomic E-state index is -0.802. The molecule has 0 aromatic heterocycles. The molecule has 0 aliphatic rings. The largest absolute Gasteiger partial charge is 0.462 e. The van der Waals surface area contributed by atoms with Gasteiger partial charge in [-0.1, -0.05) is 251 Å². The summed E-state index contributed by atoms with van der Waals surface area (Å²) in [7, 11) is 0. The summed E-state index contributed by atoms with van der Waals surface area (Å²) in [5, 5.41) is 0. The normalized spacial score (nSPS) is 13.0. The zero-order valence-electron chi connectivity index (χ0n) is 49.9. The van der Waals surface area contributed by atoms with E-state index in [1.807, 2.05) is 0 Å². The Morgan fingerprint density at radius 1 is 0.273 bits per heavy atom. The molecule has 436 valence electrons. The summed E-state index contributed by atoms with van der Waals surface area (Å²) < 4.78 is 16.9. The van der Waals surface area contributed by atoms with Crippen LogP contribution in [0.4, 0.5) is 0 Å². The smallest absolute Gasteiger partial charge is 0.306 e. The lowest BCUT2D eigenvalue weighted by Crippen LogP contribution is -2.30. The standard InChI is InChI=1S/C71H116O6/c1-4-7-10-13-16-19-22-25-27-29-31-32-33-34-35-36-37-38-39-40-41-43-44-46-49-52-55-58-61-64-70(73)76-67-68(66-75-69(72)63-60-57-54-51-48-24-21-18-15-12-9-6-3)77-71(74)65-62-59-56-53-50-47-45-42-30-28-26-23-20-17-14-11-8-5-2/h7,10,16,18-21,23,25,27-28,30-32,34-35,37-38,40-41,44,46,68H,4-6,8-9,11-15,17,22,24,26,29,33,36,39,42-43,45,47-67H2,1-3H3/b10-7-,19-16-,21-18-,23-20-,27-25-,30-28-,32-31-,35-34-,38-37-,41-40-,46-44-. The van der Waals surface area contributed by atoms with Crippen LogP contribution in [0, 0.1) is 0 Å². The van der Waals surface area contributed by atoms with Crippen molar-refractivity contribution in [2.24, 2.45) is 0 Å². The van der Waals surface area contributed by atoms with Crippen LogP contribution in [0.15, 0.2) is 134 Å². The third kappa shape index (κ3) is 62.3. The van der Waals surface area contributed by atoms with Gasteiger partial charge in [-0.25, -0.2) is 0 Å². The van der Waals surface area contributed by atoms with Crippen molar-refractivity contribution in [3.05, 3.63) is 134 Å². The van der Waals surface area contributed by atoms with E-state index in [0.29, 0.717) is 19.3 Å². The van der Waals surface area contributed by atoms with Crippen LogP contribution in [0.1, 0.15) is 278 Å². The average molecular weight is 1070 g/mol. The molecule has 0 aliphatic heterocycles. The Kier molecular flexibility index (Phi) is 60.4. The minimum absolute atomic E-state index is 0.0970. The first-order valence-corrected chi connectivity index (χ1v) is 31.7. The topological polar surface area (TPSA) is 78.9 Å². The molecule has 0 amide bonds. The van der Waals surface area contributed by atoms with E-state index >= 15 is 0 Å². The third-order valence-electron chi connectivity index (χ3n) is 13.1. The van der Waals surface area contributed by atoms with Crippen LogP contribution < -0.4 is 0 Å². The highest BCUT2D eigenvalue weighted by atomic mass is 16.6. The number of carbonyl (C=O) groups is 3. The summed E-state index contributed by atoms with van der Waals surface area (Å²) in [6, 6.07) is 0. The van der Waals surface area contributed by atoms with Gasteiger partial charge in [-0.3, -0.25) is 14.4 Å². The van der Waals surface area contributed by atoms with E-state index in [9.17, 15) is 14.4 Å². The Morgan fingerprint density at radius 2 is 0.506 bits per heavy atom. The molecular weight excluding hydrogens is 949 g/mol. The SMILES string of the molecule is CC/C=C\C/C=C\C/C=C\C/C=C\C/C=C\C/C=C\C/C=C\C/C=C\CCCCCCC(=O)OCC(COC(=O)CCCCCCC/C=C\CCCCC)OC(=O)CCCCCCCCC/C=C\C/C=C\CCCCCC. The average Bonchev–Trinajstić information content (AvgIpc) is 3.43. The van der Waals surface area contributed by atoms with Crippen molar-refractivity contribution in [1.82, 2.24) is 0 Å². The van der Waals surface area contributed by atoms with Crippen molar-refractivity contribution in [3.8, 4) is 0 Å². The summed E-state index contributed by atoms with van der Waals surface area (Å²) in [5.41, 5.74) is 0. The minimum Gasteiger partial charge on any atom is -0.462 e. The third-order valence-corrected chi connectivity index (χ3v) is 13.1. The molecule has 0 bridgehead atoms. The number of hydrogen-bond donors (Lipinski definition) is 0. The maximum atomic E-state index is 12.9. The molecule has 0 rings (SSSR count). The number of ether oxygens (including phenoxy) is 3. The van der Waals surface area contributed by atoms with Gasteiger partial charge in [0, 0.05) is 19.3 Å². The Labute approximate surface area is 475 Å². The first-order valence-electron chi connectivity index (χ1n) is 31.7. The monoisotopic (exact) mass is 1060 g/mol. The van der Waals surface area contributed by atoms with Gasteiger partial charge in [0.25, 0.3) is 0 Å². The number of unbranched alkanes of at least 4 members (excludes halogenated alkanes) is 23. The molecule has 1 atom stereocenters. The maximum absolute atomic E-state index is 12.9. The number of hydrogen-bond acceptors (Lipinski definition) is 6. The van der Waals surface area contributed by atoms with Crippen molar-refractivity contribution in [3.63, 3.8) is 0 Å². The fourth-order valence-corrected chi connectivity index (χ4v) is 8.36. The molecule has 77 heavy (non-hydrogen) atoms. The summed E-state index contributed by atoms with van der Waals surface area (Å²) in [6.07, 6.45) is 90.2. The van der Waals surface area contributed by atoms with Crippen molar-refractivity contribution in [1.29, 1.82) is 0 Å². The number of rotatable bonds is 56. The number of allylic oxidation sites excluding steroid dienone is 22. The van der Waals surface area contributed by atoms with Gasteiger partial charge in [-0.2, -0.15) is 0 Å². The van der Waals surface area contributed by atoms with Crippen LogP contribution >= 0.6 is 0 Å². The molecule has 0 spiro atoms. The second-order valence-electron chi connectivity index (χ2n) is 20.6. The molecule has 6 heteroatoms. The van der Waals surface area contributed by atoms with Gasteiger partial charge in [0.15, 0.2) is 6.10 Å². The highest BCUT2D eigenvalue weighted by molar-refractivity contribution is 5.71. The molecule has 0 heterocycles. The van der Waals surface area contributed by atoms with Crippen LogP contribution in [0.5, 0.6) is 0 Å². The van der Waals surface area contributed by atoms with Gasteiger partial charge < -0.3 is 14.2 Å². The molecule has 0 aromatic rings. The molecule has 0 radical (unpaired) electrons. The highest BCUT2D eigenvalue weighted by Crippen LogP contribution is 2.14. The highest BCUT2D eigenvalue weighted by Gasteiger charge is 2.19. The van der Waals surface area contributed by atoms with Crippen molar-refractivity contribution in [2.75, 3.05) is 13.2 Å². The van der Waals surface area contributed by atoms with E-state index in [-0.39, 0.29) is 31.1 Å². The zero-order chi connectivity index (χ0) is 55.7. The summed E-state index contributed by atoms with van der Waals surface area (Å²) in [6.45, 7) is 6.45. The lowest BCUT2D eigenvalue weighted by molar-refractivity contribution is -0.167. The quantitative estimate of drug-likeness (QED) is 0.0261. The first-order chi connectivity index (χ1) is 38.0. The maximum Gasteiger partial charge on any atom is 0.306 e. The fourth-order valence-electron chi connectivity index (χ4n) is 8.36.